The molecule has 1 aromatic heterocycles. The number of nitrogens with zero attached hydrogens (tertiary/aromatic N) is 2. The van der Waals surface area contributed by atoms with Gasteiger partial charge in [0.05, 0.1) is 16.8 Å². The number of benzene rings is 2. The van der Waals surface area contributed by atoms with Gasteiger partial charge in [-0.1, -0.05) is 29.8 Å². The molecule has 0 aliphatic carbocycles. The molecule has 0 atom stereocenters. The number of ketones is 1. The van der Waals surface area contributed by atoms with E-state index in [1.165, 1.54) is 30.7 Å². The second kappa shape index (κ2) is 8.17. The zero-order valence-electron chi connectivity index (χ0n) is 15.5. The molecule has 0 fully saturated rings. The van der Waals surface area contributed by atoms with Crippen LogP contribution in [0.2, 0.25) is 5.02 Å². The molecule has 0 spiro atoms. The second-order valence-electron chi connectivity index (χ2n) is 6.38. The number of nitrogens with one attached hydrogen (secondary N) is 1. The van der Waals surface area contributed by atoms with E-state index in [4.69, 9.17) is 16.3 Å². The van der Waals surface area contributed by atoms with Crippen molar-refractivity contribution >= 4 is 33.1 Å². The highest BCUT2D eigenvalue weighted by Gasteiger charge is 2.25. The number of hydrogen-bond donors (Lipinski definition) is 1. The van der Waals surface area contributed by atoms with E-state index in [0.29, 0.717) is 21.8 Å². The number of carbonyl (C=O) groups excluding carboxylic acids is 1. The zero-order chi connectivity index (χ0) is 21.1. The Labute approximate surface area is 178 Å². The highest BCUT2D eigenvalue weighted by atomic mass is 35.5. The molecule has 7 nitrogen and oxygen atoms in total. The van der Waals surface area contributed by atoms with E-state index in [2.05, 4.69) is 9.71 Å². The average molecular weight is 442 g/mol. The lowest BCUT2D eigenvalue weighted by Gasteiger charge is -2.17. The summed E-state index contributed by atoms with van der Waals surface area (Å²) in [6.45, 7) is 0.0326. The van der Waals surface area contributed by atoms with Crippen molar-refractivity contribution in [2.75, 3.05) is 11.6 Å². The van der Waals surface area contributed by atoms with Crippen molar-refractivity contribution in [3.63, 3.8) is 0 Å². The van der Waals surface area contributed by atoms with Crippen molar-refractivity contribution in [2.24, 2.45) is 0 Å². The number of sulfonamides is 1. The number of aromatic nitrogens is 1. The minimum absolute atomic E-state index is 0.0326. The van der Waals surface area contributed by atoms with Gasteiger partial charge in [-0.2, -0.15) is 0 Å². The molecule has 30 heavy (non-hydrogen) atoms. The lowest BCUT2D eigenvalue weighted by Crippen LogP contribution is -2.23. The Morgan fingerprint density at radius 3 is 2.53 bits per heavy atom. The van der Waals surface area contributed by atoms with E-state index in [1.54, 1.807) is 53.4 Å². The average Bonchev–Trinajstić information content (AvgIpc) is 3.22. The molecule has 0 bridgehead atoms. The topological polar surface area (TPSA) is 88.6 Å². The summed E-state index contributed by atoms with van der Waals surface area (Å²) in [4.78, 5) is 18.7. The number of ether oxygens (including phenoxy) is 1. The number of rotatable bonds is 6. The standard InChI is InChI=1S/C21H16ClN3O4S/c22-16-6-7-19(18(12-16)21(26)15-8-10-23-11-9-15)25-13-20(29-14-25)24-30(27,28)17-4-2-1-3-5-17/h1-13,24H,14H2. The lowest BCUT2D eigenvalue weighted by atomic mass is 10.0. The third-order valence-electron chi connectivity index (χ3n) is 4.38. The van der Waals surface area contributed by atoms with Gasteiger partial charge in [0.15, 0.2) is 12.5 Å². The Kier molecular flexibility index (Phi) is 5.43. The molecule has 152 valence electrons. The first-order valence-corrected chi connectivity index (χ1v) is 10.7. The summed E-state index contributed by atoms with van der Waals surface area (Å²) in [6.07, 6.45) is 4.56. The van der Waals surface area contributed by atoms with Crippen molar-refractivity contribution in [1.82, 2.24) is 9.71 Å². The van der Waals surface area contributed by atoms with Crippen molar-refractivity contribution in [3.05, 3.63) is 101 Å². The Morgan fingerprint density at radius 2 is 1.80 bits per heavy atom. The third-order valence-corrected chi connectivity index (χ3v) is 5.97. The van der Waals surface area contributed by atoms with Crippen LogP contribution in [0, 0.1) is 0 Å². The molecule has 1 aliphatic heterocycles. The summed E-state index contributed by atoms with van der Waals surface area (Å²) < 4.78 is 32.9. The quantitative estimate of drug-likeness (QED) is 0.588. The van der Waals surface area contributed by atoms with Crippen LogP contribution in [0.5, 0.6) is 0 Å². The minimum atomic E-state index is -3.79. The van der Waals surface area contributed by atoms with Gasteiger partial charge in [-0.3, -0.25) is 9.78 Å². The number of hydrogen-bond acceptors (Lipinski definition) is 6. The zero-order valence-corrected chi connectivity index (χ0v) is 17.1. The SMILES string of the molecule is O=C(c1ccncc1)c1cc(Cl)ccc1N1C=C(NS(=O)(=O)c2ccccc2)OC1. The van der Waals surface area contributed by atoms with Crippen LogP contribution < -0.4 is 9.62 Å². The fraction of sp³-hybridized carbons (Fsp3) is 0.0476. The maximum Gasteiger partial charge on any atom is 0.264 e. The van der Waals surface area contributed by atoms with Gasteiger partial charge in [-0.05, 0) is 42.5 Å². The van der Waals surface area contributed by atoms with Gasteiger partial charge < -0.3 is 9.64 Å². The molecule has 1 aliphatic rings. The van der Waals surface area contributed by atoms with Crippen LogP contribution in [-0.4, -0.2) is 25.9 Å². The summed E-state index contributed by atoms with van der Waals surface area (Å²) >= 11 is 6.12. The number of anilines is 1. The summed E-state index contributed by atoms with van der Waals surface area (Å²) in [5.41, 5.74) is 1.36. The highest BCUT2D eigenvalue weighted by Crippen LogP contribution is 2.29. The van der Waals surface area contributed by atoms with E-state index in [0.717, 1.165) is 0 Å². The van der Waals surface area contributed by atoms with Crippen LogP contribution in [0.15, 0.2) is 90.0 Å². The van der Waals surface area contributed by atoms with Gasteiger partial charge in [0, 0.05) is 28.5 Å². The van der Waals surface area contributed by atoms with Crippen LogP contribution in [0.4, 0.5) is 5.69 Å². The van der Waals surface area contributed by atoms with Crippen LogP contribution >= 0.6 is 11.6 Å². The second-order valence-corrected chi connectivity index (χ2v) is 8.50. The molecule has 0 saturated carbocycles. The molecule has 0 unspecified atom stereocenters. The first-order chi connectivity index (χ1) is 14.4. The van der Waals surface area contributed by atoms with Gasteiger partial charge in [0.25, 0.3) is 10.0 Å². The normalized spacial score (nSPS) is 13.5. The van der Waals surface area contributed by atoms with E-state index >= 15 is 0 Å². The van der Waals surface area contributed by atoms with Crippen LogP contribution in [-0.2, 0) is 14.8 Å². The predicted molar refractivity (Wildman–Crippen MR) is 112 cm³/mol. The van der Waals surface area contributed by atoms with Gasteiger partial charge in [0.2, 0.25) is 5.88 Å². The Hall–Kier alpha value is -3.36. The number of pyridine rings is 1. The van der Waals surface area contributed by atoms with Crippen molar-refractivity contribution in [3.8, 4) is 0 Å². The van der Waals surface area contributed by atoms with Crippen molar-refractivity contribution in [2.45, 2.75) is 4.90 Å². The Morgan fingerprint density at radius 1 is 1.07 bits per heavy atom. The summed E-state index contributed by atoms with van der Waals surface area (Å²) in [5.74, 6) is -0.183. The van der Waals surface area contributed by atoms with Crippen LogP contribution in [0.25, 0.3) is 0 Å². The predicted octanol–water partition coefficient (Wildman–Crippen LogP) is 3.54. The monoisotopic (exact) mass is 441 g/mol. The molecule has 0 amide bonds. The van der Waals surface area contributed by atoms with E-state index < -0.39 is 10.0 Å². The first-order valence-electron chi connectivity index (χ1n) is 8.87. The largest absolute Gasteiger partial charge is 0.456 e. The maximum absolute atomic E-state index is 13.0. The first kappa shape index (κ1) is 19.9. The van der Waals surface area contributed by atoms with E-state index in [9.17, 15) is 13.2 Å². The number of halogens is 1. The summed E-state index contributed by atoms with van der Waals surface area (Å²) in [7, 11) is -3.79. The smallest absolute Gasteiger partial charge is 0.264 e. The highest BCUT2D eigenvalue weighted by molar-refractivity contribution is 7.89. The molecule has 4 rings (SSSR count). The van der Waals surface area contributed by atoms with Crippen molar-refractivity contribution < 1.29 is 17.9 Å². The fourth-order valence-corrected chi connectivity index (χ4v) is 4.12. The molecule has 0 radical (unpaired) electrons. The van der Waals surface area contributed by atoms with Gasteiger partial charge in [0.1, 0.15) is 0 Å². The summed E-state index contributed by atoms with van der Waals surface area (Å²) in [5, 5.41) is 0.408. The van der Waals surface area contributed by atoms with Gasteiger partial charge >= 0.3 is 0 Å². The molecule has 9 heteroatoms. The molecular weight excluding hydrogens is 426 g/mol. The molecule has 0 saturated heterocycles. The summed E-state index contributed by atoms with van der Waals surface area (Å²) in [6, 6.07) is 16.1. The van der Waals surface area contributed by atoms with Crippen LogP contribution in [0.1, 0.15) is 15.9 Å². The molecule has 1 N–H and O–H groups in total. The molecule has 3 aromatic rings. The minimum Gasteiger partial charge on any atom is -0.456 e. The third kappa shape index (κ3) is 4.14. The molecule has 2 aromatic carbocycles. The Balaban J connectivity index is 1.63. The maximum atomic E-state index is 13.0. The van der Waals surface area contributed by atoms with Crippen LogP contribution in [0.3, 0.4) is 0 Å². The fourth-order valence-electron chi connectivity index (χ4n) is 2.94. The molecular formula is C21H16ClN3O4S. The molecule has 2 heterocycles. The number of carbonyl (C=O) groups is 1. The van der Waals surface area contributed by atoms with Gasteiger partial charge in [-0.25, -0.2) is 13.1 Å². The van der Waals surface area contributed by atoms with E-state index in [1.807, 2.05) is 0 Å². The van der Waals surface area contributed by atoms with Gasteiger partial charge in [-0.15, -0.1) is 0 Å². The van der Waals surface area contributed by atoms with E-state index in [-0.39, 0.29) is 23.3 Å². The Bertz CT molecular complexity index is 1220. The van der Waals surface area contributed by atoms with Crippen molar-refractivity contribution in [1.29, 1.82) is 0 Å². The lowest BCUT2D eigenvalue weighted by molar-refractivity contribution is 0.103.